The topological polar surface area (TPSA) is 44.8 Å². The molecule has 6 rings (SSSR count). The molecule has 6 aliphatic rings. The molecule has 4 aliphatic carbocycles. The molecule has 0 radical (unpaired) electrons. The van der Waals surface area contributed by atoms with Crippen molar-refractivity contribution >= 4 is 5.97 Å². The molecular weight excluding hydrogens is 412 g/mol. The number of carbonyl (C=O) groups excluding carboxylic acids is 1. The average Bonchev–Trinajstić information content (AvgIpc) is 3.21. The summed E-state index contributed by atoms with van der Waals surface area (Å²) in [6.45, 7) is 12.4. The van der Waals surface area contributed by atoms with Crippen molar-refractivity contribution in [1.29, 1.82) is 0 Å². The van der Waals surface area contributed by atoms with E-state index in [1.165, 1.54) is 44.9 Å². The van der Waals surface area contributed by atoms with E-state index in [1.54, 1.807) is 6.92 Å². The first-order chi connectivity index (χ1) is 15.7. The number of hydrogen-bond acceptors (Lipinski definition) is 4. The lowest BCUT2D eigenvalue weighted by molar-refractivity contribution is -0.273. The minimum Gasteiger partial charge on any atom is -0.463 e. The van der Waals surface area contributed by atoms with Gasteiger partial charge in [-0.15, -0.1) is 0 Å². The average molecular weight is 459 g/mol. The molecular formula is C29H46O4. The largest absolute Gasteiger partial charge is 0.463 e. The van der Waals surface area contributed by atoms with Gasteiger partial charge in [-0.3, -0.25) is 4.79 Å². The van der Waals surface area contributed by atoms with Crippen molar-refractivity contribution in [2.75, 3.05) is 6.61 Å². The maximum atomic E-state index is 11.5. The van der Waals surface area contributed by atoms with Crippen LogP contribution in [0.15, 0.2) is 0 Å². The summed E-state index contributed by atoms with van der Waals surface area (Å²) in [4.78, 5) is 11.5. The Morgan fingerprint density at radius 3 is 2.42 bits per heavy atom. The Balaban J connectivity index is 1.21. The first-order valence-electron chi connectivity index (χ1n) is 14.2. The predicted molar refractivity (Wildman–Crippen MR) is 127 cm³/mol. The van der Waals surface area contributed by atoms with Crippen LogP contribution in [0.2, 0.25) is 0 Å². The van der Waals surface area contributed by atoms with Gasteiger partial charge in [0.15, 0.2) is 5.79 Å². The van der Waals surface area contributed by atoms with Crippen LogP contribution >= 0.6 is 0 Å². The molecule has 1 spiro atoms. The molecule has 0 unspecified atom stereocenters. The molecule has 0 aromatic rings. The van der Waals surface area contributed by atoms with Crippen LogP contribution in [-0.4, -0.2) is 30.6 Å². The molecule has 0 aromatic carbocycles. The van der Waals surface area contributed by atoms with Gasteiger partial charge >= 0.3 is 5.97 Å². The molecule has 4 saturated carbocycles. The standard InChI is InChI=1S/C29H46O4/c1-17-8-13-29(31-16-17)18(2)26-25(33-29)15-24-22-7-6-20-14-21(32-19(3)30)9-11-27(20,4)23(22)10-12-28(24,26)5/h17-18,20-26H,6-16H2,1-5H3/t17-,18-,20+,21+,22+,23-,24-,25-,26-,27+,28+,29+/m1/s1. The lowest BCUT2D eigenvalue weighted by Gasteiger charge is -2.61. The third kappa shape index (κ3) is 3.25. The zero-order valence-electron chi connectivity index (χ0n) is 21.6. The maximum Gasteiger partial charge on any atom is 0.302 e. The van der Waals surface area contributed by atoms with Crippen LogP contribution in [0.25, 0.3) is 0 Å². The minimum atomic E-state index is -0.300. The van der Waals surface area contributed by atoms with Crippen LogP contribution in [0.5, 0.6) is 0 Å². The Morgan fingerprint density at radius 2 is 1.70 bits per heavy atom. The molecule has 33 heavy (non-hydrogen) atoms. The summed E-state index contributed by atoms with van der Waals surface area (Å²) < 4.78 is 19.1. The fraction of sp³-hybridized carbons (Fsp3) is 0.966. The lowest BCUT2D eigenvalue weighted by Crippen LogP contribution is -2.55. The van der Waals surface area contributed by atoms with Crippen molar-refractivity contribution in [1.82, 2.24) is 0 Å². The number of fused-ring (bicyclic) bond motifs is 7. The van der Waals surface area contributed by atoms with E-state index in [0.717, 1.165) is 49.5 Å². The summed E-state index contributed by atoms with van der Waals surface area (Å²) in [5, 5.41) is 0. The Hall–Kier alpha value is -0.610. The van der Waals surface area contributed by atoms with Gasteiger partial charge in [0.25, 0.3) is 0 Å². The Kier molecular flexibility index (Phi) is 5.32. The fourth-order valence-corrected chi connectivity index (χ4v) is 10.6. The first-order valence-corrected chi connectivity index (χ1v) is 14.2. The summed E-state index contributed by atoms with van der Waals surface area (Å²) in [6.07, 6.45) is 12.9. The highest BCUT2D eigenvalue weighted by atomic mass is 16.7. The number of ether oxygens (including phenoxy) is 3. The molecule has 4 heteroatoms. The summed E-state index contributed by atoms with van der Waals surface area (Å²) in [5.41, 5.74) is 0.828. The van der Waals surface area contributed by atoms with Crippen molar-refractivity contribution in [2.24, 2.45) is 52.3 Å². The van der Waals surface area contributed by atoms with E-state index in [9.17, 15) is 4.79 Å². The third-order valence-corrected chi connectivity index (χ3v) is 12.2. The molecule has 0 aromatic heterocycles. The smallest absolute Gasteiger partial charge is 0.302 e. The number of hydrogen-bond donors (Lipinski definition) is 0. The number of carbonyl (C=O) groups is 1. The highest BCUT2D eigenvalue weighted by Crippen LogP contribution is 2.71. The highest BCUT2D eigenvalue weighted by molar-refractivity contribution is 5.66. The van der Waals surface area contributed by atoms with Gasteiger partial charge in [0.1, 0.15) is 6.10 Å². The summed E-state index contributed by atoms with van der Waals surface area (Å²) in [7, 11) is 0. The van der Waals surface area contributed by atoms with Crippen LogP contribution in [0.3, 0.4) is 0 Å². The fourth-order valence-electron chi connectivity index (χ4n) is 10.6. The number of esters is 1. The molecule has 0 amide bonds. The monoisotopic (exact) mass is 458 g/mol. The zero-order valence-corrected chi connectivity index (χ0v) is 21.6. The third-order valence-electron chi connectivity index (χ3n) is 12.2. The predicted octanol–water partition coefficient (Wildman–Crippen LogP) is 6.36. The van der Waals surface area contributed by atoms with Gasteiger partial charge in [-0.25, -0.2) is 0 Å². The van der Waals surface area contributed by atoms with Gasteiger partial charge in [0.05, 0.1) is 12.7 Å². The Labute approximate surface area is 200 Å². The van der Waals surface area contributed by atoms with Crippen molar-refractivity contribution in [3.8, 4) is 0 Å². The first kappa shape index (κ1) is 22.8. The van der Waals surface area contributed by atoms with E-state index in [2.05, 4.69) is 27.7 Å². The Bertz CT molecular complexity index is 786. The van der Waals surface area contributed by atoms with Crippen LogP contribution in [0.4, 0.5) is 0 Å². The Morgan fingerprint density at radius 1 is 0.909 bits per heavy atom. The molecule has 2 heterocycles. The minimum absolute atomic E-state index is 0.105. The highest BCUT2D eigenvalue weighted by Gasteiger charge is 2.69. The quantitative estimate of drug-likeness (QED) is 0.429. The van der Waals surface area contributed by atoms with Crippen LogP contribution in [-0.2, 0) is 19.0 Å². The summed E-state index contributed by atoms with van der Waals surface area (Å²) in [5.74, 6) is 4.63. The van der Waals surface area contributed by atoms with Gasteiger partial charge in [-0.05, 0) is 104 Å². The molecule has 2 saturated heterocycles. The molecule has 0 N–H and O–H groups in total. The SMILES string of the molecule is CC(=O)O[C@H]1CC[C@@]2(C)[C@@H](CC[C@H]3[C@H]2CC[C@]2(C)[C@@H]4[C@@H](C)[C@]5(CC[C@@H](C)CO5)O[C@@H]4C[C@H]32)C1. The molecule has 0 bridgehead atoms. The van der Waals surface area contributed by atoms with Crippen LogP contribution < -0.4 is 0 Å². The second-order valence-corrected chi connectivity index (χ2v) is 13.7. The van der Waals surface area contributed by atoms with E-state index in [4.69, 9.17) is 14.2 Å². The van der Waals surface area contributed by atoms with Gasteiger partial charge in [-0.2, -0.15) is 0 Å². The van der Waals surface area contributed by atoms with Gasteiger partial charge in [0, 0.05) is 19.3 Å². The van der Waals surface area contributed by atoms with Gasteiger partial charge in [0.2, 0.25) is 0 Å². The van der Waals surface area contributed by atoms with E-state index < -0.39 is 0 Å². The van der Waals surface area contributed by atoms with Crippen molar-refractivity contribution < 1.29 is 19.0 Å². The second-order valence-electron chi connectivity index (χ2n) is 13.7. The van der Waals surface area contributed by atoms with E-state index in [-0.39, 0.29) is 17.9 Å². The van der Waals surface area contributed by atoms with Crippen LogP contribution in [0, 0.1) is 52.3 Å². The van der Waals surface area contributed by atoms with Crippen molar-refractivity contribution in [3.63, 3.8) is 0 Å². The molecule has 4 nitrogen and oxygen atoms in total. The lowest BCUT2D eigenvalue weighted by atomic mass is 9.44. The van der Waals surface area contributed by atoms with Gasteiger partial charge in [-0.1, -0.05) is 27.7 Å². The normalized spacial score (nSPS) is 57.7. The maximum absolute atomic E-state index is 11.5. The van der Waals surface area contributed by atoms with Gasteiger partial charge < -0.3 is 14.2 Å². The molecule has 12 atom stereocenters. The van der Waals surface area contributed by atoms with Crippen molar-refractivity contribution in [3.05, 3.63) is 0 Å². The number of rotatable bonds is 1. The van der Waals surface area contributed by atoms with Crippen LogP contribution in [0.1, 0.15) is 98.8 Å². The van der Waals surface area contributed by atoms with E-state index in [0.29, 0.717) is 34.7 Å². The summed E-state index contributed by atoms with van der Waals surface area (Å²) in [6, 6.07) is 0. The molecule has 186 valence electrons. The van der Waals surface area contributed by atoms with E-state index >= 15 is 0 Å². The molecule has 2 aliphatic heterocycles. The zero-order chi connectivity index (χ0) is 23.2. The summed E-state index contributed by atoms with van der Waals surface area (Å²) >= 11 is 0. The second kappa shape index (κ2) is 7.69. The van der Waals surface area contributed by atoms with Crippen molar-refractivity contribution in [2.45, 2.75) is 117 Å². The molecule has 6 fully saturated rings. The van der Waals surface area contributed by atoms with E-state index in [1.807, 2.05) is 0 Å².